The first-order valence-electron chi connectivity index (χ1n) is 11.4. The number of esters is 2. The summed E-state index contributed by atoms with van der Waals surface area (Å²) in [6, 6.07) is 6.43. The van der Waals surface area contributed by atoms with Crippen LogP contribution in [0.5, 0.6) is 0 Å². The quantitative estimate of drug-likeness (QED) is 0.298. The van der Waals surface area contributed by atoms with Gasteiger partial charge in [-0.15, -0.1) is 0 Å². The molecular weight excluding hydrogens is 426 g/mol. The van der Waals surface area contributed by atoms with E-state index in [4.69, 9.17) is 14.6 Å². The molecule has 0 saturated carbocycles. The molecule has 0 bridgehead atoms. The Morgan fingerprint density at radius 3 is 2.76 bits per heavy atom. The van der Waals surface area contributed by atoms with Crippen LogP contribution in [-0.2, 0) is 19.1 Å². The van der Waals surface area contributed by atoms with Gasteiger partial charge < -0.3 is 24.8 Å². The summed E-state index contributed by atoms with van der Waals surface area (Å²) in [6.07, 6.45) is 6.82. The Kier molecular flexibility index (Phi) is 9.00. The Labute approximate surface area is 193 Å². The van der Waals surface area contributed by atoms with Crippen molar-refractivity contribution in [3.05, 3.63) is 36.0 Å². The average molecular weight is 458 g/mol. The number of carboxylic acid groups (broad SMARTS) is 1. The minimum atomic E-state index is -1.03. The van der Waals surface area contributed by atoms with Crippen molar-refractivity contribution >= 4 is 34.5 Å². The molecule has 0 radical (unpaired) electrons. The van der Waals surface area contributed by atoms with Gasteiger partial charge in [0.1, 0.15) is 6.04 Å². The molecular formula is C24H31N3O6. The van der Waals surface area contributed by atoms with Crippen molar-refractivity contribution in [1.82, 2.24) is 10.3 Å². The fourth-order valence-electron chi connectivity index (χ4n) is 3.82. The number of piperazine rings is 1. The van der Waals surface area contributed by atoms with Crippen LogP contribution in [-0.4, -0.2) is 60.5 Å². The van der Waals surface area contributed by atoms with Gasteiger partial charge in [0.05, 0.1) is 11.1 Å². The Morgan fingerprint density at radius 2 is 1.97 bits per heavy atom. The number of unbranched alkanes of at least 4 members (excludes halogenated alkanes) is 4. The third-order valence-electron chi connectivity index (χ3n) is 5.67. The number of rotatable bonds is 11. The molecule has 3 rings (SSSR count). The van der Waals surface area contributed by atoms with Crippen molar-refractivity contribution in [2.75, 3.05) is 31.3 Å². The van der Waals surface area contributed by atoms with Gasteiger partial charge in [0, 0.05) is 43.3 Å². The molecule has 1 fully saturated rings. The van der Waals surface area contributed by atoms with Crippen LogP contribution >= 0.6 is 0 Å². The molecule has 0 amide bonds. The molecule has 2 aromatic rings. The summed E-state index contributed by atoms with van der Waals surface area (Å²) in [5, 5.41) is 13.0. The molecule has 33 heavy (non-hydrogen) atoms. The van der Waals surface area contributed by atoms with Crippen LogP contribution in [0.2, 0.25) is 0 Å². The molecule has 178 valence electrons. The summed E-state index contributed by atoms with van der Waals surface area (Å²) in [5.41, 5.74) is 1.54. The van der Waals surface area contributed by atoms with Gasteiger partial charge in [-0.3, -0.25) is 9.78 Å². The van der Waals surface area contributed by atoms with Crippen LogP contribution in [0.1, 0.15) is 55.8 Å². The monoisotopic (exact) mass is 457 g/mol. The molecule has 1 atom stereocenters. The normalized spacial score (nSPS) is 15.9. The third-order valence-corrected chi connectivity index (χ3v) is 5.67. The highest BCUT2D eigenvalue weighted by Gasteiger charge is 2.30. The summed E-state index contributed by atoms with van der Waals surface area (Å²) in [7, 11) is 0. The molecule has 1 aromatic carbocycles. The van der Waals surface area contributed by atoms with E-state index in [-0.39, 0.29) is 11.5 Å². The van der Waals surface area contributed by atoms with Gasteiger partial charge in [-0.25, -0.2) is 9.59 Å². The molecule has 1 unspecified atom stereocenters. The van der Waals surface area contributed by atoms with E-state index in [9.17, 15) is 14.4 Å². The minimum Gasteiger partial charge on any atom is -0.478 e. The average Bonchev–Trinajstić information content (AvgIpc) is 2.83. The number of nitrogens with one attached hydrogen (secondary N) is 1. The van der Waals surface area contributed by atoms with Gasteiger partial charge in [0.15, 0.2) is 0 Å². The van der Waals surface area contributed by atoms with Crippen LogP contribution in [0.3, 0.4) is 0 Å². The Hall–Kier alpha value is -3.20. The maximum absolute atomic E-state index is 12.7. The van der Waals surface area contributed by atoms with E-state index in [2.05, 4.69) is 17.2 Å². The topological polar surface area (TPSA) is 118 Å². The number of fused-ring (bicyclic) bond motifs is 1. The van der Waals surface area contributed by atoms with Crippen molar-refractivity contribution in [2.45, 2.75) is 51.5 Å². The van der Waals surface area contributed by atoms with E-state index in [0.717, 1.165) is 37.8 Å². The van der Waals surface area contributed by atoms with E-state index in [1.165, 1.54) is 6.20 Å². The molecule has 0 aliphatic carbocycles. The number of pyridine rings is 1. The second-order valence-electron chi connectivity index (χ2n) is 8.08. The molecule has 1 aromatic heterocycles. The molecule has 1 aliphatic heterocycles. The summed E-state index contributed by atoms with van der Waals surface area (Å²) >= 11 is 0. The lowest BCUT2D eigenvalue weighted by molar-refractivity contribution is -0.168. The summed E-state index contributed by atoms with van der Waals surface area (Å²) in [6.45, 7) is 3.41. The van der Waals surface area contributed by atoms with Crippen molar-refractivity contribution in [2.24, 2.45) is 0 Å². The SMILES string of the molecule is CCCCCCCC(=O)OCOC(=O)C1CNCCN1c1ccc2cc(C(=O)O)cnc2c1. The molecule has 0 spiro atoms. The summed E-state index contributed by atoms with van der Waals surface area (Å²) < 4.78 is 10.3. The summed E-state index contributed by atoms with van der Waals surface area (Å²) in [4.78, 5) is 41.8. The summed E-state index contributed by atoms with van der Waals surface area (Å²) in [5.74, 6) is -1.87. The Bertz CT molecular complexity index is 980. The second-order valence-corrected chi connectivity index (χ2v) is 8.08. The highest BCUT2D eigenvalue weighted by atomic mass is 16.7. The third kappa shape index (κ3) is 6.89. The number of anilines is 1. The largest absolute Gasteiger partial charge is 0.478 e. The number of ether oxygens (including phenoxy) is 2. The number of hydrogen-bond donors (Lipinski definition) is 2. The zero-order valence-corrected chi connectivity index (χ0v) is 18.9. The number of carbonyl (C=O) groups is 3. The predicted octanol–water partition coefficient (Wildman–Crippen LogP) is 3.12. The van der Waals surface area contributed by atoms with Crippen molar-refractivity contribution in [3.8, 4) is 0 Å². The van der Waals surface area contributed by atoms with Gasteiger partial charge in [0.2, 0.25) is 6.79 Å². The zero-order valence-electron chi connectivity index (χ0n) is 18.9. The van der Waals surface area contributed by atoms with E-state index >= 15 is 0 Å². The maximum atomic E-state index is 12.7. The lowest BCUT2D eigenvalue weighted by Gasteiger charge is -2.36. The number of carboxylic acids is 1. The zero-order chi connectivity index (χ0) is 23.6. The lowest BCUT2D eigenvalue weighted by Crippen LogP contribution is -2.55. The highest BCUT2D eigenvalue weighted by Crippen LogP contribution is 2.24. The predicted molar refractivity (Wildman–Crippen MR) is 123 cm³/mol. The fraction of sp³-hybridized carbons (Fsp3) is 0.500. The highest BCUT2D eigenvalue weighted by molar-refractivity contribution is 5.93. The number of nitrogens with zero attached hydrogens (tertiary/aromatic N) is 2. The smallest absolute Gasteiger partial charge is 0.337 e. The van der Waals surface area contributed by atoms with Crippen LogP contribution in [0.25, 0.3) is 10.9 Å². The van der Waals surface area contributed by atoms with Gasteiger partial charge >= 0.3 is 17.9 Å². The minimum absolute atomic E-state index is 0.120. The molecule has 2 N–H and O–H groups in total. The molecule has 9 nitrogen and oxygen atoms in total. The van der Waals surface area contributed by atoms with E-state index in [1.54, 1.807) is 12.1 Å². The number of benzene rings is 1. The van der Waals surface area contributed by atoms with E-state index in [1.807, 2.05) is 17.0 Å². The van der Waals surface area contributed by atoms with Crippen LogP contribution < -0.4 is 10.2 Å². The molecule has 1 aliphatic rings. The van der Waals surface area contributed by atoms with Gasteiger partial charge in [-0.05, 0) is 24.6 Å². The molecule has 1 saturated heterocycles. The van der Waals surface area contributed by atoms with Gasteiger partial charge in [-0.1, -0.05) is 38.7 Å². The molecule has 9 heteroatoms. The fourth-order valence-corrected chi connectivity index (χ4v) is 3.82. The number of aromatic nitrogens is 1. The van der Waals surface area contributed by atoms with E-state index in [0.29, 0.717) is 37.0 Å². The second kappa shape index (κ2) is 12.2. The van der Waals surface area contributed by atoms with E-state index < -0.39 is 24.8 Å². The van der Waals surface area contributed by atoms with Crippen molar-refractivity contribution in [1.29, 1.82) is 0 Å². The number of carbonyl (C=O) groups excluding carboxylic acids is 2. The van der Waals surface area contributed by atoms with Crippen molar-refractivity contribution in [3.63, 3.8) is 0 Å². The van der Waals surface area contributed by atoms with Crippen LogP contribution in [0.4, 0.5) is 5.69 Å². The first-order chi connectivity index (χ1) is 16.0. The molecule has 2 heterocycles. The van der Waals surface area contributed by atoms with Crippen molar-refractivity contribution < 1.29 is 29.0 Å². The van der Waals surface area contributed by atoms with Crippen LogP contribution in [0.15, 0.2) is 30.5 Å². The number of hydrogen-bond acceptors (Lipinski definition) is 8. The maximum Gasteiger partial charge on any atom is 0.337 e. The Balaban J connectivity index is 1.56. The van der Waals surface area contributed by atoms with Gasteiger partial charge in [-0.2, -0.15) is 0 Å². The first kappa shape index (κ1) is 24.4. The first-order valence-corrected chi connectivity index (χ1v) is 11.4. The standard InChI is InChI=1S/C24H31N3O6/c1-2-3-4-5-6-7-22(28)32-16-33-24(31)21-15-25-10-11-27(21)19-9-8-17-12-18(23(29)30)14-26-20(17)13-19/h8-9,12-14,21,25H,2-7,10-11,15-16H2,1H3,(H,29,30). The lowest BCUT2D eigenvalue weighted by atomic mass is 10.1. The number of aromatic carboxylic acids is 1. The Morgan fingerprint density at radius 1 is 1.15 bits per heavy atom. The van der Waals surface area contributed by atoms with Gasteiger partial charge in [0.25, 0.3) is 0 Å². The van der Waals surface area contributed by atoms with Crippen LogP contribution in [0, 0.1) is 0 Å².